The molecule has 0 spiro atoms. The summed E-state index contributed by atoms with van der Waals surface area (Å²) in [6.45, 7) is 3.30. The molecule has 0 heterocycles. The van der Waals surface area contributed by atoms with Gasteiger partial charge in [-0.1, -0.05) is 43.3 Å². The summed E-state index contributed by atoms with van der Waals surface area (Å²) in [4.78, 5) is 26.1. The number of nitrogens with one attached hydrogen (secondary N) is 1. The van der Waals surface area contributed by atoms with Crippen molar-refractivity contribution in [2.24, 2.45) is 5.73 Å². The van der Waals surface area contributed by atoms with Gasteiger partial charge in [0.05, 0.1) is 0 Å². The van der Waals surface area contributed by atoms with Gasteiger partial charge >= 0.3 is 0 Å². The van der Waals surface area contributed by atoms with Gasteiger partial charge in [-0.05, 0) is 30.2 Å². The maximum absolute atomic E-state index is 12.8. The van der Waals surface area contributed by atoms with Crippen LogP contribution in [0.1, 0.15) is 29.3 Å². The van der Waals surface area contributed by atoms with E-state index >= 15 is 0 Å². The minimum atomic E-state index is -0.0764. The standard InChI is InChI=1S/C20H25N3O2/c1-2-19(24)22-18-10-6-9-17(15-18)20(25)23(14-12-21)13-11-16-7-4-3-5-8-16/h3-10,15H,2,11-14,21H2,1H3,(H,22,24). The Kier molecular flexibility index (Phi) is 7.16. The number of amides is 2. The minimum Gasteiger partial charge on any atom is -0.337 e. The Morgan fingerprint density at radius 1 is 1.04 bits per heavy atom. The van der Waals surface area contributed by atoms with Crippen LogP contribution < -0.4 is 11.1 Å². The van der Waals surface area contributed by atoms with E-state index < -0.39 is 0 Å². The first kappa shape index (κ1) is 18.7. The van der Waals surface area contributed by atoms with Gasteiger partial charge in [-0.2, -0.15) is 0 Å². The summed E-state index contributed by atoms with van der Waals surface area (Å²) in [5.74, 6) is -0.151. The second-order valence-corrected chi connectivity index (χ2v) is 5.80. The van der Waals surface area contributed by atoms with E-state index in [4.69, 9.17) is 5.73 Å². The minimum absolute atomic E-state index is 0.0750. The van der Waals surface area contributed by atoms with Crippen molar-refractivity contribution >= 4 is 17.5 Å². The fraction of sp³-hybridized carbons (Fsp3) is 0.300. The van der Waals surface area contributed by atoms with Crippen molar-refractivity contribution in [2.75, 3.05) is 25.0 Å². The van der Waals surface area contributed by atoms with Crippen molar-refractivity contribution < 1.29 is 9.59 Å². The first-order valence-corrected chi connectivity index (χ1v) is 8.57. The van der Waals surface area contributed by atoms with Gasteiger partial charge in [-0.3, -0.25) is 9.59 Å². The fourth-order valence-electron chi connectivity index (χ4n) is 2.54. The highest BCUT2D eigenvalue weighted by molar-refractivity contribution is 5.97. The van der Waals surface area contributed by atoms with Gasteiger partial charge < -0.3 is 16.0 Å². The second kappa shape index (κ2) is 9.59. The van der Waals surface area contributed by atoms with Gasteiger partial charge in [0.1, 0.15) is 0 Å². The molecule has 2 rings (SSSR count). The van der Waals surface area contributed by atoms with Gasteiger partial charge in [0.15, 0.2) is 0 Å². The molecule has 5 heteroatoms. The van der Waals surface area contributed by atoms with Crippen LogP contribution in [0.3, 0.4) is 0 Å². The van der Waals surface area contributed by atoms with Gasteiger partial charge in [-0.25, -0.2) is 0 Å². The Balaban J connectivity index is 2.08. The molecule has 0 bridgehead atoms. The molecular formula is C20H25N3O2. The lowest BCUT2D eigenvalue weighted by Gasteiger charge is -2.22. The van der Waals surface area contributed by atoms with Crippen molar-refractivity contribution in [3.63, 3.8) is 0 Å². The Labute approximate surface area is 148 Å². The van der Waals surface area contributed by atoms with Crippen molar-refractivity contribution in [3.8, 4) is 0 Å². The summed E-state index contributed by atoms with van der Waals surface area (Å²) in [5, 5.41) is 2.78. The van der Waals surface area contributed by atoms with Crippen molar-refractivity contribution in [1.29, 1.82) is 0 Å². The lowest BCUT2D eigenvalue weighted by atomic mass is 10.1. The normalized spacial score (nSPS) is 10.3. The molecule has 3 N–H and O–H groups in total. The van der Waals surface area contributed by atoms with Crippen LogP contribution in [0.15, 0.2) is 54.6 Å². The lowest BCUT2D eigenvalue weighted by molar-refractivity contribution is -0.115. The SMILES string of the molecule is CCC(=O)Nc1cccc(C(=O)N(CCN)CCc2ccccc2)c1. The van der Waals surface area contributed by atoms with E-state index in [-0.39, 0.29) is 11.8 Å². The number of benzene rings is 2. The molecule has 0 atom stereocenters. The van der Waals surface area contributed by atoms with Crippen LogP contribution in [-0.2, 0) is 11.2 Å². The molecule has 0 radical (unpaired) electrons. The predicted molar refractivity (Wildman–Crippen MR) is 100 cm³/mol. The largest absolute Gasteiger partial charge is 0.337 e. The summed E-state index contributed by atoms with van der Waals surface area (Å²) < 4.78 is 0. The molecule has 0 aliphatic carbocycles. The molecule has 0 aliphatic rings. The van der Waals surface area contributed by atoms with E-state index in [9.17, 15) is 9.59 Å². The zero-order valence-electron chi connectivity index (χ0n) is 14.6. The monoisotopic (exact) mass is 339 g/mol. The highest BCUT2D eigenvalue weighted by atomic mass is 16.2. The third kappa shape index (κ3) is 5.72. The van der Waals surface area contributed by atoms with Crippen molar-refractivity contribution in [2.45, 2.75) is 19.8 Å². The van der Waals surface area contributed by atoms with Crippen LogP contribution in [-0.4, -0.2) is 36.3 Å². The Morgan fingerprint density at radius 2 is 1.80 bits per heavy atom. The highest BCUT2D eigenvalue weighted by Crippen LogP contribution is 2.14. The van der Waals surface area contributed by atoms with Crippen LogP contribution in [0.25, 0.3) is 0 Å². The zero-order valence-corrected chi connectivity index (χ0v) is 14.6. The van der Waals surface area contributed by atoms with Gasteiger partial charge in [-0.15, -0.1) is 0 Å². The molecule has 0 unspecified atom stereocenters. The molecular weight excluding hydrogens is 314 g/mol. The lowest BCUT2D eigenvalue weighted by Crippen LogP contribution is -2.37. The van der Waals surface area contributed by atoms with Gasteiger partial charge in [0.25, 0.3) is 5.91 Å². The fourth-order valence-corrected chi connectivity index (χ4v) is 2.54. The number of nitrogens with zero attached hydrogens (tertiary/aromatic N) is 1. The van der Waals surface area contributed by atoms with E-state index in [1.165, 1.54) is 5.56 Å². The summed E-state index contributed by atoms with van der Waals surface area (Å²) in [6.07, 6.45) is 1.17. The maximum atomic E-state index is 12.8. The predicted octanol–water partition coefficient (Wildman–Crippen LogP) is 2.68. The number of anilines is 1. The molecule has 5 nitrogen and oxygen atoms in total. The number of carbonyl (C=O) groups excluding carboxylic acids is 2. The van der Waals surface area contributed by atoms with E-state index in [1.807, 2.05) is 30.3 Å². The molecule has 132 valence electrons. The molecule has 0 saturated heterocycles. The topological polar surface area (TPSA) is 75.4 Å². The smallest absolute Gasteiger partial charge is 0.253 e. The van der Waals surface area contributed by atoms with Crippen LogP contribution in [0.5, 0.6) is 0 Å². The number of hydrogen-bond donors (Lipinski definition) is 2. The molecule has 0 fully saturated rings. The number of hydrogen-bond acceptors (Lipinski definition) is 3. The molecule has 2 aromatic carbocycles. The summed E-state index contributed by atoms with van der Waals surface area (Å²) in [6, 6.07) is 17.1. The first-order valence-electron chi connectivity index (χ1n) is 8.57. The van der Waals surface area contributed by atoms with Crippen LogP contribution in [0.2, 0.25) is 0 Å². The van der Waals surface area contributed by atoms with E-state index in [2.05, 4.69) is 5.32 Å². The van der Waals surface area contributed by atoms with E-state index in [0.717, 1.165) is 6.42 Å². The molecule has 25 heavy (non-hydrogen) atoms. The van der Waals surface area contributed by atoms with Crippen molar-refractivity contribution in [3.05, 3.63) is 65.7 Å². The van der Waals surface area contributed by atoms with Crippen LogP contribution in [0, 0.1) is 0 Å². The van der Waals surface area contributed by atoms with Gasteiger partial charge in [0.2, 0.25) is 5.91 Å². The summed E-state index contributed by atoms with van der Waals surface area (Å²) in [7, 11) is 0. The average Bonchev–Trinajstić information content (AvgIpc) is 2.65. The molecule has 2 amide bonds. The van der Waals surface area contributed by atoms with Crippen molar-refractivity contribution in [1.82, 2.24) is 4.90 Å². The number of rotatable bonds is 8. The van der Waals surface area contributed by atoms with E-state index in [0.29, 0.717) is 37.3 Å². The summed E-state index contributed by atoms with van der Waals surface area (Å²) >= 11 is 0. The highest BCUT2D eigenvalue weighted by Gasteiger charge is 2.15. The Morgan fingerprint density at radius 3 is 2.48 bits per heavy atom. The second-order valence-electron chi connectivity index (χ2n) is 5.80. The molecule has 0 aliphatic heterocycles. The zero-order chi connectivity index (χ0) is 18.1. The maximum Gasteiger partial charge on any atom is 0.253 e. The molecule has 0 saturated carbocycles. The Bertz CT molecular complexity index is 701. The van der Waals surface area contributed by atoms with E-state index in [1.54, 1.807) is 36.1 Å². The first-order chi connectivity index (χ1) is 12.1. The third-order valence-corrected chi connectivity index (χ3v) is 3.91. The van der Waals surface area contributed by atoms with Gasteiger partial charge in [0, 0.05) is 37.3 Å². The van der Waals surface area contributed by atoms with Crippen LogP contribution >= 0.6 is 0 Å². The number of carbonyl (C=O) groups is 2. The third-order valence-electron chi connectivity index (χ3n) is 3.91. The average molecular weight is 339 g/mol. The quantitative estimate of drug-likeness (QED) is 0.776. The molecule has 0 aromatic heterocycles. The Hall–Kier alpha value is -2.66. The molecule has 2 aromatic rings. The van der Waals surface area contributed by atoms with Crippen LogP contribution in [0.4, 0.5) is 5.69 Å². The summed E-state index contributed by atoms with van der Waals surface area (Å²) in [5.41, 5.74) is 8.04. The number of nitrogens with two attached hydrogens (primary N) is 1.